The number of nitrogens with zero attached hydrogens (tertiary/aromatic N) is 1. The van der Waals surface area contributed by atoms with E-state index >= 15 is 0 Å². The second-order valence-corrected chi connectivity index (χ2v) is 5.10. The Morgan fingerprint density at radius 3 is 2.89 bits per heavy atom. The molecule has 1 heterocycles. The van der Waals surface area contributed by atoms with Gasteiger partial charge in [0.15, 0.2) is 0 Å². The molecular weight excluding hydrogens is 244 g/mol. The molecule has 0 aliphatic heterocycles. The smallest absolute Gasteiger partial charge is 0.131 e. The summed E-state index contributed by atoms with van der Waals surface area (Å²) in [7, 11) is 0. The molecule has 1 N–H and O–H groups in total. The summed E-state index contributed by atoms with van der Waals surface area (Å²) in [5.41, 5.74) is 2.18. The molecule has 18 heavy (non-hydrogen) atoms. The Hall–Kier alpha value is -1.39. The molecule has 1 aromatic carbocycles. The summed E-state index contributed by atoms with van der Waals surface area (Å²) >= 11 is 1.65. The first-order valence-corrected chi connectivity index (χ1v) is 7.00. The van der Waals surface area contributed by atoms with Crippen LogP contribution in [0.5, 0.6) is 5.75 Å². The number of hydrogen-bond donors (Lipinski definition) is 1. The summed E-state index contributed by atoms with van der Waals surface area (Å²) in [4.78, 5) is 4.40. The van der Waals surface area contributed by atoms with Crippen LogP contribution in [0.4, 0.5) is 0 Å². The number of thiazole rings is 1. The van der Waals surface area contributed by atoms with Crippen molar-refractivity contribution in [1.29, 1.82) is 0 Å². The number of para-hydroxylation sites is 1. The third-order valence-corrected chi connectivity index (χ3v) is 3.40. The lowest BCUT2D eigenvalue weighted by Gasteiger charge is -2.10. The van der Waals surface area contributed by atoms with Gasteiger partial charge in [0.05, 0.1) is 10.7 Å². The molecule has 0 fully saturated rings. The van der Waals surface area contributed by atoms with E-state index in [4.69, 9.17) is 4.74 Å². The third kappa shape index (κ3) is 3.55. The van der Waals surface area contributed by atoms with Gasteiger partial charge in [0, 0.05) is 17.5 Å². The third-order valence-electron chi connectivity index (χ3n) is 2.58. The number of hydrogen-bond acceptors (Lipinski definition) is 4. The molecule has 2 aromatic rings. The number of aromatic nitrogens is 1. The number of benzene rings is 1. The highest BCUT2D eigenvalue weighted by Crippen LogP contribution is 2.19. The molecule has 0 spiro atoms. The first-order chi connectivity index (χ1) is 8.79. The fraction of sp³-hybridized carbons (Fsp3) is 0.357. The molecule has 0 amide bonds. The van der Waals surface area contributed by atoms with Crippen LogP contribution in [0.25, 0.3) is 0 Å². The van der Waals surface area contributed by atoms with Crippen LogP contribution in [0, 0.1) is 6.92 Å². The number of ether oxygens (including phenoxy) is 1. The lowest BCUT2D eigenvalue weighted by molar-refractivity contribution is 0.298. The molecule has 0 atom stereocenters. The zero-order valence-electron chi connectivity index (χ0n) is 10.8. The topological polar surface area (TPSA) is 34.1 Å². The summed E-state index contributed by atoms with van der Waals surface area (Å²) in [5.74, 6) is 0.934. The lowest BCUT2D eigenvalue weighted by atomic mass is 10.2. The van der Waals surface area contributed by atoms with Crippen LogP contribution in [-0.2, 0) is 13.2 Å². The van der Waals surface area contributed by atoms with Crippen LogP contribution >= 0.6 is 11.3 Å². The Morgan fingerprint density at radius 2 is 2.17 bits per heavy atom. The van der Waals surface area contributed by atoms with Crippen LogP contribution < -0.4 is 10.1 Å². The van der Waals surface area contributed by atoms with E-state index in [0.717, 1.165) is 29.5 Å². The van der Waals surface area contributed by atoms with E-state index in [1.54, 1.807) is 11.3 Å². The van der Waals surface area contributed by atoms with Gasteiger partial charge < -0.3 is 10.1 Å². The van der Waals surface area contributed by atoms with Crippen molar-refractivity contribution < 1.29 is 4.74 Å². The van der Waals surface area contributed by atoms with Crippen molar-refractivity contribution >= 4 is 11.3 Å². The van der Waals surface area contributed by atoms with Crippen LogP contribution in [-0.4, -0.2) is 11.5 Å². The van der Waals surface area contributed by atoms with Gasteiger partial charge in [0.1, 0.15) is 12.4 Å². The minimum absolute atomic E-state index is 0.535. The Labute approximate surface area is 112 Å². The summed E-state index contributed by atoms with van der Waals surface area (Å²) in [5, 5.41) is 6.44. The quantitative estimate of drug-likeness (QED) is 0.868. The van der Waals surface area contributed by atoms with Crippen molar-refractivity contribution in [3.8, 4) is 5.75 Å². The zero-order valence-corrected chi connectivity index (χ0v) is 11.6. The fourth-order valence-corrected chi connectivity index (χ4v) is 2.27. The van der Waals surface area contributed by atoms with Crippen molar-refractivity contribution in [2.24, 2.45) is 0 Å². The van der Waals surface area contributed by atoms with Crippen molar-refractivity contribution in [2.45, 2.75) is 27.0 Å². The van der Waals surface area contributed by atoms with Gasteiger partial charge in [-0.05, 0) is 19.5 Å². The molecular formula is C14H18N2OS. The zero-order chi connectivity index (χ0) is 12.8. The maximum absolute atomic E-state index is 5.84. The van der Waals surface area contributed by atoms with Gasteiger partial charge in [-0.3, -0.25) is 0 Å². The van der Waals surface area contributed by atoms with E-state index in [2.05, 4.69) is 23.3 Å². The Kier molecular flexibility index (Phi) is 4.73. The molecule has 0 saturated heterocycles. The first kappa shape index (κ1) is 13.1. The van der Waals surface area contributed by atoms with Gasteiger partial charge in [0.2, 0.25) is 0 Å². The molecule has 4 heteroatoms. The maximum Gasteiger partial charge on any atom is 0.131 e. The molecule has 0 aliphatic carbocycles. The predicted octanol–water partition coefficient (Wildman–Crippen LogP) is 3.14. The average Bonchev–Trinajstić information content (AvgIpc) is 2.81. The molecule has 0 aliphatic rings. The van der Waals surface area contributed by atoms with E-state index in [1.165, 1.54) is 5.56 Å². The lowest BCUT2D eigenvalue weighted by Crippen LogP contribution is -2.12. The summed E-state index contributed by atoms with van der Waals surface area (Å²) in [6.07, 6.45) is 0. The molecule has 0 saturated carbocycles. The Balaban J connectivity index is 1.99. The van der Waals surface area contributed by atoms with Crippen LogP contribution in [0.2, 0.25) is 0 Å². The second-order valence-electron chi connectivity index (χ2n) is 4.03. The van der Waals surface area contributed by atoms with Gasteiger partial charge in [-0.15, -0.1) is 11.3 Å². The summed E-state index contributed by atoms with van der Waals surface area (Å²) in [6, 6.07) is 8.12. The minimum Gasteiger partial charge on any atom is -0.487 e. The SMILES string of the molecule is CCNCc1ccccc1OCc1csc(C)n1. The van der Waals surface area contributed by atoms with Crippen molar-refractivity contribution in [3.05, 3.63) is 45.9 Å². The van der Waals surface area contributed by atoms with Crippen LogP contribution in [0.15, 0.2) is 29.6 Å². The van der Waals surface area contributed by atoms with E-state index < -0.39 is 0 Å². The molecule has 2 rings (SSSR count). The fourth-order valence-electron chi connectivity index (χ4n) is 1.68. The van der Waals surface area contributed by atoms with E-state index in [1.807, 2.05) is 30.5 Å². The highest BCUT2D eigenvalue weighted by molar-refractivity contribution is 7.09. The standard InChI is InChI=1S/C14H18N2OS/c1-3-15-8-12-6-4-5-7-14(12)17-9-13-10-18-11(2)16-13/h4-7,10,15H,3,8-9H2,1-2H3. The summed E-state index contributed by atoms with van der Waals surface area (Å²) < 4.78 is 5.84. The van der Waals surface area contributed by atoms with Crippen molar-refractivity contribution in [3.63, 3.8) is 0 Å². The predicted molar refractivity (Wildman–Crippen MR) is 75.0 cm³/mol. The molecule has 0 unspecified atom stereocenters. The molecule has 96 valence electrons. The normalized spacial score (nSPS) is 10.6. The minimum atomic E-state index is 0.535. The summed E-state index contributed by atoms with van der Waals surface area (Å²) in [6.45, 7) is 6.44. The number of aryl methyl sites for hydroxylation is 1. The second kappa shape index (κ2) is 6.52. The van der Waals surface area contributed by atoms with Crippen LogP contribution in [0.1, 0.15) is 23.2 Å². The van der Waals surface area contributed by atoms with Crippen molar-refractivity contribution in [2.75, 3.05) is 6.54 Å². The van der Waals surface area contributed by atoms with E-state index in [9.17, 15) is 0 Å². The largest absolute Gasteiger partial charge is 0.487 e. The van der Waals surface area contributed by atoms with Gasteiger partial charge in [-0.2, -0.15) is 0 Å². The van der Waals surface area contributed by atoms with Gasteiger partial charge >= 0.3 is 0 Å². The van der Waals surface area contributed by atoms with Gasteiger partial charge in [0.25, 0.3) is 0 Å². The Bertz CT molecular complexity index is 496. The van der Waals surface area contributed by atoms with Gasteiger partial charge in [-0.1, -0.05) is 25.1 Å². The number of rotatable bonds is 6. The highest BCUT2D eigenvalue weighted by atomic mass is 32.1. The monoisotopic (exact) mass is 262 g/mol. The molecule has 1 aromatic heterocycles. The van der Waals surface area contributed by atoms with Gasteiger partial charge in [-0.25, -0.2) is 4.98 Å². The maximum atomic E-state index is 5.84. The highest BCUT2D eigenvalue weighted by Gasteiger charge is 2.04. The molecule has 0 radical (unpaired) electrons. The average molecular weight is 262 g/mol. The van der Waals surface area contributed by atoms with E-state index in [0.29, 0.717) is 6.61 Å². The Morgan fingerprint density at radius 1 is 1.33 bits per heavy atom. The molecule has 0 bridgehead atoms. The van der Waals surface area contributed by atoms with Crippen LogP contribution in [0.3, 0.4) is 0 Å². The first-order valence-electron chi connectivity index (χ1n) is 6.12. The molecule has 3 nitrogen and oxygen atoms in total. The number of nitrogens with one attached hydrogen (secondary N) is 1. The van der Waals surface area contributed by atoms with Crippen molar-refractivity contribution in [1.82, 2.24) is 10.3 Å². The van der Waals surface area contributed by atoms with E-state index in [-0.39, 0.29) is 0 Å².